The van der Waals surface area contributed by atoms with Crippen LogP contribution in [0.4, 0.5) is 11.5 Å². The van der Waals surface area contributed by atoms with Crippen LogP contribution < -0.4 is 10.1 Å². The van der Waals surface area contributed by atoms with Crippen molar-refractivity contribution < 1.29 is 4.74 Å². The number of benzene rings is 1. The van der Waals surface area contributed by atoms with Crippen molar-refractivity contribution in [2.75, 3.05) is 23.4 Å². The molecule has 1 N–H and O–H groups in total. The van der Waals surface area contributed by atoms with Crippen LogP contribution in [0.5, 0.6) is 5.75 Å². The Balaban J connectivity index is 1.55. The molecule has 128 valence electrons. The molecular formula is C19H18ClN3OS. The zero-order valence-corrected chi connectivity index (χ0v) is 15.4. The number of pyridine rings is 2. The monoisotopic (exact) mass is 371 g/mol. The molecule has 4 nitrogen and oxygen atoms in total. The second kappa shape index (κ2) is 6.73. The van der Waals surface area contributed by atoms with Crippen molar-refractivity contribution in [3.8, 4) is 5.75 Å². The first kappa shape index (κ1) is 16.5. The fourth-order valence-electron chi connectivity index (χ4n) is 2.72. The summed E-state index contributed by atoms with van der Waals surface area (Å²) < 4.78 is 6.01. The summed E-state index contributed by atoms with van der Waals surface area (Å²) in [5.41, 5.74) is 1.16. The molecule has 0 unspecified atom stereocenters. The summed E-state index contributed by atoms with van der Waals surface area (Å²) in [5.74, 6) is 4.04. The Morgan fingerprint density at radius 2 is 2.08 bits per heavy atom. The average molecular weight is 372 g/mol. The fourth-order valence-corrected chi connectivity index (χ4v) is 3.90. The Morgan fingerprint density at radius 1 is 1.20 bits per heavy atom. The Morgan fingerprint density at radius 3 is 2.80 bits per heavy atom. The topological polar surface area (TPSA) is 47.0 Å². The lowest BCUT2D eigenvalue weighted by molar-refractivity contribution is 0.196. The molecule has 1 saturated heterocycles. The molecule has 0 spiro atoms. The Hall–Kier alpha value is -1.98. The highest BCUT2D eigenvalue weighted by atomic mass is 35.5. The lowest BCUT2D eigenvalue weighted by Crippen LogP contribution is -2.38. The third-order valence-corrected chi connectivity index (χ3v) is 6.24. The van der Waals surface area contributed by atoms with E-state index in [1.165, 1.54) is 11.5 Å². The van der Waals surface area contributed by atoms with Crippen LogP contribution in [0.2, 0.25) is 5.15 Å². The third-order valence-electron chi connectivity index (χ3n) is 4.21. The predicted molar refractivity (Wildman–Crippen MR) is 105 cm³/mol. The van der Waals surface area contributed by atoms with Crippen LogP contribution in [0.1, 0.15) is 6.92 Å². The molecule has 1 aliphatic heterocycles. The first-order chi connectivity index (χ1) is 12.1. The van der Waals surface area contributed by atoms with Gasteiger partial charge in [0.05, 0.1) is 18.5 Å². The SMILES string of the molecule is CC1(COc2ccc3c(Nc4ccc(Cl)nc4)nccc3c2)CSC1. The van der Waals surface area contributed by atoms with E-state index in [4.69, 9.17) is 16.3 Å². The van der Waals surface area contributed by atoms with E-state index in [1.807, 2.05) is 36.0 Å². The van der Waals surface area contributed by atoms with Gasteiger partial charge in [-0.25, -0.2) is 9.97 Å². The summed E-state index contributed by atoms with van der Waals surface area (Å²) in [4.78, 5) is 8.53. The number of rotatable bonds is 5. The molecule has 3 aromatic rings. The zero-order valence-electron chi connectivity index (χ0n) is 13.8. The minimum Gasteiger partial charge on any atom is -0.493 e. The molecule has 0 atom stereocenters. The van der Waals surface area contributed by atoms with Gasteiger partial charge in [-0.05, 0) is 41.8 Å². The number of halogens is 1. The number of thioether (sulfide) groups is 1. The lowest BCUT2D eigenvalue weighted by atomic mass is 9.96. The molecule has 0 aliphatic carbocycles. The maximum absolute atomic E-state index is 6.01. The summed E-state index contributed by atoms with van der Waals surface area (Å²) in [6.45, 7) is 3.04. The Bertz CT molecular complexity index is 897. The number of hydrogen-bond donors (Lipinski definition) is 1. The van der Waals surface area contributed by atoms with Crippen molar-refractivity contribution in [1.82, 2.24) is 9.97 Å². The van der Waals surface area contributed by atoms with Crippen LogP contribution in [0.25, 0.3) is 10.8 Å². The van der Waals surface area contributed by atoms with Crippen LogP contribution in [-0.2, 0) is 0 Å². The molecule has 0 saturated carbocycles. The van der Waals surface area contributed by atoms with Gasteiger partial charge in [0.25, 0.3) is 0 Å². The van der Waals surface area contributed by atoms with Crippen molar-refractivity contribution in [2.45, 2.75) is 6.92 Å². The molecule has 0 amide bonds. The minimum atomic E-state index is 0.312. The number of hydrogen-bond acceptors (Lipinski definition) is 5. The van der Waals surface area contributed by atoms with E-state index in [9.17, 15) is 0 Å². The van der Waals surface area contributed by atoms with Gasteiger partial charge in [0.15, 0.2) is 0 Å². The van der Waals surface area contributed by atoms with Gasteiger partial charge in [-0.2, -0.15) is 11.8 Å². The minimum absolute atomic E-state index is 0.312. The van der Waals surface area contributed by atoms with Gasteiger partial charge in [0.2, 0.25) is 0 Å². The highest BCUT2D eigenvalue weighted by Gasteiger charge is 2.33. The summed E-state index contributed by atoms with van der Waals surface area (Å²) in [5, 5.41) is 5.89. The molecule has 6 heteroatoms. The fraction of sp³-hybridized carbons (Fsp3) is 0.263. The predicted octanol–water partition coefficient (Wildman–Crippen LogP) is 5.16. The van der Waals surface area contributed by atoms with Crippen LogP contribution in [0, 0.1) is 5.41 Å². The smallest absolute Gasteiger partial charge is 0.138 e. The number of fused-ring (bicyclic) bond motifs is 1. The van der Waals surface area contributed by atoms with E-state index in [2.05, 4.69) is 28.3 Å². The van der Waals surface area contributed by atoms with Crippen molar-refractivity contribution in [3.05, 3.63) is 53.9 Å². The molecule has 3 heterocycles. The van der Waals surface area contributed by atoms with E-state index < -0.39 is 0 Å². The van der Waals surface area contributed by atoms with Crippen LogP contribution in [-0.4, -0.2) is 28.1 Å². The molecule has 25 heavy (non-hydrogen) atoms. The Kier molecular flexibility index (Phi) is 4.44. The van der Waals surface area contributed by atoms with Gasteiger partial charge in [0, 0.05) is 28.5 Å². The van der Waals surface area contributed by atoms with E-state index >= 15 is 0 Å². The van der Waals surface area contributed by atoms with Crippen molar-refractivity contribution in [3.63, 3.8) is 0 Å². The highest BCUT2D eigenvalue weighted by molar-refractivity contribution is 8.00. The van der Waals surface area contributed by atoms with Gasteiger partial charge in [0.1, 0.15) is 16.7 Å². The van der Waals surface area contributed by atoms with Crippen LogP contribution >= 0.6 is 23.4 Å². The van der Waals surface area contributed by atoms with E-state index in [0.717, 1.165) is 34.6 Å². The van der Waals surface area contributed by atoms with E-state index in [0.29, 0.717) is 10.6 Å². The quantitative estimate of drug-likeness (QED) is 0.628. The molecule has 2 aromatic heterocycles. The summed E-state index contributed by atoms with van der Waals surface area (Å²) >= 11 is 7.81. The second-order valence-corrected chi connectivity index (χ2v) is 8.00. The normalized spacial score (nSPS) is 15.6. The van der Waals surface area contributed by atoms with E-state index in [-0.39, 0.29) is 0 Å². The van der Waals surface area contributed by atoms with Crippen molar-refractivity contribution >= 4 is 45.6 Å². The molecule has 1 aromatic carbocycles. The first-order valence-corrected chi connectivity index (χ1v) is 9.63. The number of anilines is 2. The number of ether oxygens (including phenoxy) is 1. The number of nitrogens with one attached hydrogen (secondary N) is 1. The lowest BCUT2D eigenvalue weighted by Gasteiger charge is -2.37. The standard InChI is InChI=1S/C19H18ClN3OS/c1-19(11-25-12-19)10-24-15-3-4-16-13(8-15)6-7-21-18(16)23-14-2-5-17(20)22-9-14/h2-9H,10-12H2,1H3,(H,21,23). The number of aromatic nitrogens is 2. The first-order valence-electron chi connectivity index (χ1n) is 8.09. The molecule has 1 aliphatic rings. The Labute approximate surface area is 156 Å². The van der Waals surface area contributed by atoms with Gasteiger partial charge in [-0.15, -0.1) is 0 Å². The number of nitrogens with zero attached hydrogens (tertiary/aromatic N) is 2. The molecule has 4 rings (SSSR count). The van der Waals surface area contributed by atoms with Gasteiger partial charge < -0.3 is 10.1 Å². The average Bonchev–Trinajstić information content (AvgIpc) is 2.60. The van der Waals surface area contributed by atoms with Gasteiger partial charge >= 0.3 is 0 Å². The van der Waals surface area contributed by atoms with Crippen molar-refractivity contribution in [1.29, 1.82) is 0 Å². The molecule has 0 bridgehead atoms. The summed E-state index contributed by atoms with van der Waals surface area (Å²) in [6.07, 6.45) is 3.49. The third kappa shape index (κ3) is 3.67. The largest absolute Gasteiger partial charge is 0.493 e. The maximum Gasteiger partial charge on any atom is 0.138 e. The van der Waals surface area contributed by atoms with Crippen molar-refractivity contribution in [2.24, 2.45) is 5.41 Å². The summed E-state index contributed by atoms with van der Waals surface area (Å²) in [6, 6.07) is 11.7. The van der Waals surface area contributed by atoms with Gasteiger partial charge in [-0.1, -0.05) is 18.5 Å². The van der Waals surface area contributed by atoms with E-state index in [1.54, 1.807) is 18.5 Å². The van der Waals surface area contributed by atoms with Crippen LogP contribution in [0.15, 0.2) is 48.8 Å². The zero-order chi connectivity index (χ0) is 17.3. The van der Waals surface area contributed by atoms with Gasteiger partial charge in [-0.3, -0.25) is 0 Å². The maximum atomic E-state index is 6.01. The molecule has 1 fully saturated rings. The summed E-state index contributed by atoms with van der Waals surface area (Å²) in [7, 11) is 0. The van der Waals surface area contributed by atoms with Crippen LogP contribution in [0.3, 0.4) is 0 Å². The molecule has 0 radical (unpaired) electrons. The highest BCUT2D eigenvalue weighted by Crippen LogP contribution is 2.38. The molecular weight excluding hydrogens is 354 g/mol. The second-order valence-electron chi connectivity index (χ2n) is 6.63.